The molecule has 2 aliphatic heterocycles. The number of benzene rings is 1. The summed E-state index contributed by atoms with van der Waals surface area (Å²) < 4.78 is 22.9. The zero-order valence-electron chi connectivity index (χ0n) is 11.3. The quantitative estimate of drug-likeness (QED) is 0.761. The summed E-state index contributed by atoms with van der Waals surface area (Å²) in [4.78, 5) is 4.79. The van der Waals surface area contributed by atoms with Gasteiger partial charge in [0, 0.05) is 25.7 Å². The maximum absolute atomic E-state index is 11.5. The SMILES string of the molecule is Nc1ccc(S(N)(=O)=O)cc1N1CCN2CCCC2C1. The van der Waals surface area contributed by atoms with E-state index in [-0.39, 0.29) is 4.90 Å². The topological polar surface area (TPSA) is 92.7 Å². The molecule has 110 valence electrons. The maximum Gasteiger partial charge on any atom is 0.238 e. The standard InChI is InChI=1S/C13H20N4O2S/c14-12-4-3-11(20(15,18)19)8-13(12)17-7-6-16-5-1-2-10(16)9-17/h3-4,8,10H,1-2,5-7,9,14H2,(H2,15,18,19). The Morgan fingerprint density at radius 1 is 1.20 bits per heavy atom. The Hall–Kier alpha value is -1.31. The molecule has 0 amide bonds. The van der Waals surface area contributed by atoms with Gasteiger partial charge >= 0.3 is 0 Å². The zero-order valence-corrected chi connectivity index (χ0v) is 12.1. The summed E-state index contributed by atoms with van der Waals surface area (Å²) in [6.45, 7) is 3.95. The maximum atomic E-state index is 11.5. The molecule has 0 saturated carbocycles. The van der Waals surface area contributed by atoms with E-state index >= 15 is 0 Å². The lowest BCUT2D eigenvalue weighted by Crippen LogP contribution is -2.50. The Bertz CT molecular complexity index is 617. The van der Waals surface area contributed by atoms with Gasteiger partial charge in [-0.25, -0.2) is 13.6 Å². The second kappa shape index (κ2) is 4.91. The van der Waals surface area contributed by atoms with E-state index in [1.165, 1.54) is 25.5 Å². The number of anilines is 2. The first-order valence-electron chi connectivity index (χ1n) is 6.86. The third kappa shape index (κ3) is 2.48. The molecule has 1 aromatic rings. The molecule has 6 nitrogen and oxygen atoms in total. The molecule has 1 atom stereocenters. The third-order valence-electron chi connectivity index (χ3n) is 4.26. The molecule has 20 heavy (non-hydrogen) atoms. The second-order valence-electron chi connectivity index (χ2n) is 5.54. The normalized spacial score (nSPS) is 23.9. The Morgan fingerprint density at radius 2 is 2.00 bits per heavy atom. The summed E-state index contributed by atoms with van der Waals surface area (Å²) in [5.41, 5.74) is 7.39. The van der Waals surface area contributed by atoms with Gasteiger partial charge in [0.05, 0.1) is 16.3 Å². The van der Waals surface area contributed by atoms with Crippen LogP contribution in [0.4, 0.5) is 11.4 Å². The van der Waals surface area contributed by atoms with Gasteiger partial charge in [-0.2, -0.15) is 0 Å². The van der Waals surface area contributed by atoms with Gasteiger partial charge in [0.2, 0.25) is 10.0 Å². The minimum Gasteiger partial charge on any atom is -0.397 e. The van der Waals surface area contributed by atoms with Gasteiger partial charge in [0.25, 0.3) is 0 Å². The molecule has 0 radical (unpaired) electrons. The summed E-state index contributed by atoms with van der Waals surface area (Å²) in [6, 6.07) is 5.23. The van der Waals surface area contributed by atoms with E-state index in [9.17, 15) is 8.42 Å². The lowest BCUT2D eigenvalue weighted by Gasteiger charge is -2.39. The average molecular weight is 296 g/mol. The first-order valence-corrected chi connectivity index (χ1v) is 8.41. The highest BCUT2D eigenvalue weighted by Crippen LogP contribution is 2.30. The number of hydrogen-bond donors (Lipinski definition) is 2. The van der Waals surface area contributed by atoms with Gasteiger partial charge in [0.1, 0.15) is 0 Å². The van der Waals surface area contributed by atoms with Crippen LogP contribution >= 0.6 is 0 Å². The van der Waals surface area contributed by atoms with Crippen LogP contribution in [0.5, 0.6) is 0 Å². The number of nitrogens with two attached hydrogens (primary N) is 2. The minimum atomic E-state index is -3.69. The van der Waals surface area contributed by atoms with E-state index < -0.39 is 10.0 Å². The van der Waals surface area contributed by atoms with Gasteiger partial charge in [-0.3, -0.25) is 4.90 Å². The van der Waals surface area contributed by atoms with Crippen molar-refractivity contribution < 1.29 is 8.42 Å². The van der Waals surface area contributed by atoms with Crippen molar-refractivity contribution in [3.05, 3.63) is 18.2 Å². The molecule has 1 unspecified atom stereocenters. The highest BCUT2D eigenvalue weighted by Gasteiger charge is 2.31. The molecular weight excluding hydrogens is 276 g/mol. The Morgan fingerprint density at radius 3 is 2.75 bits per heavy atom. The number of piperazine rings is 1. The van der Waals surface area contributed by atoms with Gasteiger partial charge in [0.15, 0.2) is 0 Å². The van der Waals surface area contributed by atoms with Gasteiger partial charge in [-0.15, -0.1) is 0 Å². The van der Waals surface area contributed by atoms with Crippen LogP contribution in [0, 0.1) is 0 Å². The first kappa shape index (κ1) is 13.7. The molecule has 2 fully saturated rings. The molecule has 7 heteroatoms. The molecule has 2 heterocycles. The van der Waals surface area contributed by atoms with Crippen LogP contribution in [-0.4, -0.2) is 45.5 Å². The van der Waals surface area contributed by atoms with Crippen molar-refractivity contribution in [3.63, 3.8) is 0 Å². The molecule has 2 aliphatic rings. The molecule has 0 bridgehead atoms. The van der Waals surface area contributed by atoms with Crippen molar-refractivity contribution in [3.8, 4) is 0 Å². The van der Waals surface area contributed by atoms with Crippen LogP contribution in [0.25, 0.3) is 0 Å². The van der Waals surface area contributed by atoms with Crippen LogP contribution in [-0.2, 0) is 10.0 Å². The zero-order chi connectivity index (χ0) is 14.3. The molecular formula is C13H20N4O2S. The van der Waals surface area contributed by atoms with Crippen molar-refractivity contribution in [1.29, 1.82) is 0 Å². The van der Waals surface area contributed by atoms with Gasteiger partial charge < -0.3 is 10.6 Å². The summed E-state index contributed by atoms with van der Waals surface area (Å²) in [5, 5.41) is 5.20. The van der Waals surface area contributed by atoms with Crippen molar-refractivity contribution >= 4 is 21.4 Å². The van der Waals surface area contributed by atoms with Crippen molar-refractivity contribution in [2.75, 3.05) is 36.8 Å². The fraction of sp³-hybridized carbons (Fsp3) is 0.538. The number of nitrogen functional groups attached to an aromatic ring is 1. The van der Waals surface area contributed by atoms with Crippen LogP contribution < -0.4 is 15.8 Å². The van der Waals surface area contributed by atoms with Crippen LogP contribution in [0.15, 0.2) is 23.1 Å². The summed E-state index contributed by atoms with van der Waals surface area (Å²) in [6.07, 6.45) is 2.44. The predicted octanol–water partition coefficient (Wildman–Crippen LogP) is 0.201. The van der Waals surface area contributed by atoms with E-state index in [0.29, 0.717) is 11.7 Å². The molecule has 3 rings (SSSR count). The van der Waals surface area contributed by atoms with Crippen LogP contribution in [0.2, 0.25) is 0 Å². The van der Waals surface area contributed by atoms with E-state index in [4.69, 9.17) is 10.9 Å². The first-order chi connectivity index (χ1) is 9.45. The van der Waals surface area contributed by atoms with Crippen molar-refractivity contribution in [2.24, 2.45) is 5.14 Å². The number of fused-ring (bicyclic) bond motifs is 1. The lowest BCUT2D eigenvalue weighted by atomic mass is 10.1. The van der Waals surface area contributed by atoms with Crippen LogP contribution in [0.3, 0.4) is 0 Å². The number of sulfonamides is 1. The number of nitrogens with zero attached hydrogens (tertiary/aromatic N) is 2. The molecule has 0 aromatic heterocycles. The molecule has 0 aliphatic carbocycles. The molecule has 4 N–H and O–H groups in total. The summed E-state index contributed by atoms with van der Waals surface area (Å²) >= 11 is 0. The van der Waals surface area contributed by atoms with Crippen LogP contribution in [0.1, 0.15) is 12.8 Å². The van der Waals surface area contributed by atoms with E-state index in [1.807, 2.05) is 0 Å². The summed E-state index contributed by atoms with van der Waals surface area (Å²) in [5.74, 6) is 0. The Balaban J connectivity index is 1.90. The molecule has 1 aromatic carbocycles. The minimum absolute atomic E-state index is 0.121. The van der Waals surface area contributed by atoms with Crippen molar-refractivity contribution in [1.82, 2.24) is 4.90 Å². The van der Waals surface area contributed by atoms with Gasteiger partial charge in [-0.1, -0.05) is 0 Å². The average Bonchev–Trinajstić information content (AvgIpc) is 2.85. The number of primary sulfonamides is 1. The fourth-order valence-corrected chi connectivity index (χ4v) is 3.72. The third-order valence-corrected chi connectivity index (χ3v) is 5.17. The largest absolute Gasteiger partial charge is 0.397 e. The predicted molar refractivity (Wildman–Crippen MR) is 79.0 cm³/mol. The lowest BCUT2D eigenvalue weighted by molar-refractivity contribution is 0.231. The summed E-state index contributed by atoms with van der Waals surface area (Å²) in [7, 11) is -3.69. The highest BCUT2D eigenvalue weighted by molar-refractivity contribution is 7.89. The number of rotatable bonds is 2. The fourth-order valence-electron chi connectivity index (χ4n) is 3.18. The monoisotopic (exact) mass is 296 g/mol. The smallest absolute Gasteiger partial charge is 0.238 e. The number of hydrogen-bond acceptors (Lipinski definition) is 5. The van der Waals surface area contributed by atoms with E-state index in [1.54, 1.807) is 12.1 Å². The molecule has 0 spiro atoms. The van der Waals surface area contributed by atoms with E-state index in [0.717, 1.165) is 25.3 Å². The van der Waals surface area contributed by atoms with E-state index in [2.05, 4.69) is 9.80 Å². The second-order valence-corrected chi connectivity index (χ2v) is 7.11. The molecule has 2 saturated heterocycles. The van der Waals surface area contributed by atoms with Gasteiger partial charge in [-0.05, 0) is 37.6 Å². The highest BCUT2D eigenvalue weighted by atomic mass is 32.2. The van der Waals surface area contributed by atoms with Crippen molar-refractivity contribution in [2.45, 2.75) is 23.8 Å². The Labute approximate surface area is 119 Å². The Kier molecular flexibility index (Phi) is 3.35.